The van der Waals surface area contributed by atoms with E-state index in [0.717, 1.165) is 36.7 Å². The van der Waals surface area contributed by atoms with E-state index in [2.05, 4.69) is 22.5 Å². The summed E-state index contributed by atoms with van der Waals surface area (Å²) >= 11 is 5.14. The highest BCUT2D eigenvalue weighted by molar-refractivity contribution is 7.80. The Morgan fingerprint density at radius 1 is 1.31 bits per heavy atom. The molecule has 88 valence electrons. The second-order valence-electron chi connectivity index (χ2n) is 3.61. The zero-order valence-corrected chi connectivity index (χ0v) is 10.5. The van der Waals surface area contributed by atoms with Gasteiger partial charge in [0.2, 0.25) is 0 Å². The second-order valence-corrected chi connectivity index (χ2v) is 4.02. The number of hydrogen-bond donors (Lipinski definition) is 2. The molecule has 1 heterocycles. The van der Waals surface area contributed by atoms with Crippen molar-refractivity contribution < 1.29 is 0 Å². The molecule has 1 aromatic rings. The number of hydrogen-bond acceptors (Lipinski definition) is 2. The van der Waals surface area contributed by atoms with E-state index in [4.69, 9.17) is 12.2 Å². The van der Waals surface area contributed by atoms with Crippen LogP contribution in [0.2, 0.25) is 0 Å². The topological polar surface area (TPSA) is 37.0 Å². The van der Waals surface area contributed by atoms with Crippen molar-refractivity contribution >= 4 is 17.3 Å². The summed E-state index contributed by atoms with van der Waals surface area (Å²) in [6, 6.07) is 5.95. The van der Waals surface area contributed by atoms with E-state index >= 15 is 0 Å². The zero-order valence-electron chi connectivity index (χ0n) is 9.70. The van der Waals surface area contributed by atoms with Crippen molar-refractivity contribution in [2.45, 2.75) is 26.2 Å². The molecular formula is C12H19N3S. The van der Waals surface area contributed by atoms with Gasteiger partial charge in [-0.1, -0.05) is 19.4 Å². The van der Waals surface area contributed by atoms with Crippen LogP contribution in [0.1, 0.15) is 25.5 Å². The number of unbranched alkanes of at least 4 members (excludes halogenated alkanes) is 1. The van der Waals surface area contributed by atoms with Crippen LogP contribution >= 0.6 is 12.2 Å². The van der Waals surface area contributed by atoms with Crippen molar-refractivity contribution in [2.24, 2.45) is 0 Å². The van der Waals surface area contributed by atoms with Crippen molar-refractivity contribution in [3.8, 4) is 0 Å². The van der Waals surface area contributed by atoms with Gasteiger partial charge in [-0.15, -0.1) is 0 Å². The summed E-state index contributed by atoms with van der Waals surface area (Å²) in [5, 5.41) is 7.08. The molecule has 1 rings (SSSR count). The first-order valence-corrected chi connectivity index (χ1v) is 6.15. The van der Waals surface area contributed by atoms with Crippen LogP contribution in [0.15, 0.2) is 24.4 Å². The molecule has 0 atom stereocenters. The lowest BCUT2D eigenvalue weighted by Crippen LogP contribution is -2.36. The Labute approximate surface area is 103 Å². The number of thiocarbonyl (C=S) groups is 1. The van der Waals surface area contributed by atoms with Crippen LogP contribution in [0.3, 0.4) is 0 Å². The van der Waals surface area contributed by atoms with E-state index < -0.39 is 0 Å². The second kappa shape index (κ2) is 8.05. The van der Waals surface area contributed by atoms with Gasteiger partial charge in [0.15, 0.2) is 5.11 Å². The SMILES string of the molecule is CCCCNC(=S)NCCc1ccccn1. The van der Waals surface area contributed by atoms with E-state index in [-0.39, 0.29) is 0 Å². The van der Waals surface area contributed by atoms with Crippen LogP contribution in [0.4, 0.5) is 0 Å². The molecule has 0 radical (unpaired) electrons. The predicted molar refractivity (Wildman–Crippen MR) is 71.5 cm³/mol. The number of pyridine rings is 1. The fraction of sp³-hybridized carbons (Fsp3) is 0.500. The van der Waals surface area contributed by atoms with Gasteiger partial charge in [-0.25, -0.2) is 0 Å². The summed E-state index contributed by atoms with van der Waals surface area (Å²) in [5.74, 6) is 0. The number of rotatable bonds is 6. The third kappa shape index (κ3) is 5.66. The summed E-state index contributed by atoms with van der Waals surface area (Å²) in [7, 11) is 0. The third-order valence-electron chi connectivity index (χ3n) is 2.21. The summed E-state index contributed by atoms with van der Waals surface area (Å²) in [6.07, 6.45) is 5.05. The van der Waals surface area contributed by atoms with Gasteiger partial charge in [0, 0.05) is 31.4 Å². The molecule has 0 amide bonds. The summed E-state index contributed by atoms with van der Waals surface area (Å²) in [5.41, 5.74) is 1.09. The lowest BCUT2D eigenvalue weighted by atomic mass is 10.3. The van der Waals surface area contributed by atoms with Crippen molar-refractivity contribution in [3.63, 3.8) is 0 Å². The van der Waals surface area contributed by atoms with Gasteiger partial charge in [-0.3, -0.25) is 4.98 Å². The zero-order chi connectivity index (χ0) is 11.6. The molecule has 3 nitrogen and oxygen atoms in total. The maximum Gasteiger partial charge on any atom is 0.166 e. The molecule has 0 aliphatic carbocycles. The van der Waals surface area contributed by atoms with Gasteiger partial charge in [0.05, 0.1) is 0 Å². The standard InChI is InChI=1S/C12H19N3S/c1-2-3-8-14-12(16)15-10-7-11-6-4-5-9-13-11/h4-6,9H,2-3,7-8,10H2,1H3,(H2,14,15,16). The van der Waals surface area contributed by atoms with Crippen molar-refractivity contribution in [1.82, 2.24) is 15.6 Å². The van der Waals surface area contributed by atoms with Crippen molar-refractivity contribution in [1.29, 1.82) is 0 Å². The molecule has 0 bridgehead atoms. The first kappa shape index (κ1) is 12.9. The maximum absolute atomic E-state index is 5.14. The third-order valence-corrected chi connectivity index (χ3v) is 2.50. The first-order valence-electron chi connectivity index (χ1n) is 5.74. The maximum atomic E-state index is 5.14. The Balaban J connectivity index is 2.09. The number of nitrogens with zero attached hydrogens (tertiary/aromatic N) is 1. The Morgan fingerprint density at radius 3 is 2.81 bits per heavy atom. The Morgan fingerprint density at radius 2 is 2.12 bits per heavy atom. The highest BCUT2D eigenvalue weighted by Gasteiger charge is 1.95. The molecule has 2 N–H and O–H groups in total. The largest absolute Gasteiger partial charge is 0.363 e. The highest BCUT2D eigenvalue weighted by Crippen LogP contribution is 1.92. The fourth-order valence-electron chi connectivity index (χ4n) is 1.29. The normalized spacial score (nSPS) is 9.81. The van der Waals surface area contributed by atoms with Crippen LogP contribution < -0.4 is 10.6 Å². The van der Waals surface area contributed by atoms with Crippen LogP contribution in [-0.2, 0) is 6.42 Å². The molecule has 0 aliphatic heterocycles. The minimum Gasteiger partial charge on any atom is -0.363 e. The van der Waals surface area contributed by atoms with Gasteiger partial charge in [-0.05, 0) is 30.8 Å². The molecule has 0 aromatic carbocycles. The van der Waals surface area contributed by atoms with E-state index in [1.807, 2.05) is 24.4 Å². The van der Waals surface area contributed by atoms with Gasteiger partial charge < -0.3 is 10.6 Å². The van der Waals surface area contributed by atoms with Gasteiger partial charge in [0.1, 0.15) is 0 Å². The van der Waals surface area contributed by atoms with Gasteiger partial charge >= 0.3 is 0 Å². The van der Waals surface area contributed by atoms with E-state index in [1.54, 1.807) is 0 Å². The van der Waals surface area contributed by atoms with E-state index in [1.165, 1.54) is 6.42 Å². The lowest BCUT2D eigenvalue weighted by Gasteiger charge is -2.09. The van der Waals surface area contributed by atoms with Crippen molar-refractivity contribution in [3.05, 3.63) is 30.1 Å². The number of nitrogens with one attached hydrogen (secondary N) is 2. The molecule has 1 aromatic heterocycles. The smallest absolute Gasteiger partial charge is 0.166 e. The Hall–Kier alpha value is -1.16. The summed E-state index contributed by atoms with van der Waals surface area (Å²) in [4.78, 5) is 4.25. The molecule has 16 heavy (non-hydrogen) atoms. The van der Waals surface area contributed by atoms with Crippen LogP contribution in [0.5, 0.6) is 0 Å². The lowest BCUT2D eigenvalue weighted by molar-refractivity contribution is 0.735. The summed E-state index contributed by atoms with van der Waals surface area (Å²) < 4.78 is 0. The predicted octanol–water partition coefficient (Wildman–Crippen LogP) is 1.89. The van der Waals surface area contributed by atoms with Gasteiger partial charge in [-0.2, -0.15) is 0 Å². The monoisotopic (exact) mass is 237 g/mol. The van der Waals surface area contributed by atoms with Crippen LogP contribution in [-0.4, -0.2) is 23.2 Å². The molecule has 0 fully saturated rings. The van der Waals surface area contributed by atoms with Crippen molar-refractivity contribution in [2.75, 3.05) is 13.1 Å². The molecular weight excluding hydrogens is 218 g/mol. The first-order chi connectivity index (χ1) is 7.83. The van der Waals surface area contributed by atoms with E-state index in [9.17, 15) is 0 Å². The summed E-state index contributed by atoms with van der Waals surface area (Å²) in [6.45, 7) is 3.94. The fourth-order valence-corrected chi connectivity index (χ4v) is 1.50. The highest BCUT2D eigenvalue weighted by atomic mass is 32.1. The van der Waals surface area contributed by atoms with E-state index in [0.29, 0.717) is 0 Å². The minimum absolute atomic E-state index is 0.740. The molecule has 0 saturated heterocycles. The van der Waals surface area contributed by atoms with Crippen LogP contribution in [0.25, 0.3) is 0 Å². The molecule has 0 unspecified atom stereocenters. The number of aromatic nitrogens is 1. The molecule has 0 aliphatic rings. The average molecular weight is 237 g/mol. The van der Waals surface area contributed by atoms with Crippen LogP contribution in [0, 0.1) is 0 Å². The minimum atomic E-state index is 0.740. The quantitative estimate of drug-likeness (QED) is 0.585. The Kier molecular flexibility index (Phi) is 6.49. The molecule has 0 spiro atoms. The molecule has 0 saturated carbocycles. The Bertz CT molecular complexity index is 300. The molecule has 4 heteroatoms. The average Bonchev–Trinajstić information content (AvgIpc) is 2.31. The van der Waals surface area contributed by atoms with Gasteiger partial charge in [0.25, 0.3) is 0 Å².